The highest BCUT2D eigenvalue weighted by Gasteiger charge is 2.08. The number of aromatic nitrogens is 2. The summed E-state index contributed by atoms with van der Waals surface area (Å²) in [6.07, 6.45) is 6.22. The Morgan fingerprint density at radius 2 is 2.29 bits per heavy atom. The highest BCUT2D eigenvalue weighted by molar-refractivity contribution is 5.41. The third-order valence-corrected chi connectivity index (χ3v) is 2.61. The predicted octanol–water partition coefficient (Wildman–Crippen LogP) is 2.51. The molecule has 0 fully saturated rings. The number of nitrogens with one attached hydrogen (secondary N) is 1. The van der Waals surface area contributed by atoms with Crippen LogP contribution in [0.1, 0.15) is 18.9 Å². The van der Waals surface area contributed by atoms with Crippen molar-refractivity contribution in [3.05, 3.63) is 48.3 Å². The standard InChI is InChI=1S/C13H16FN3/c1-2-6-15-9-11-12(14)4-3-5-13(11)17-8-7-16-10-17/h3-5,7-8,10,15H,2,6,9H2,1H3. The first kappa shape index (κ1) is 11.8. The quantitative estimate of drug-likeness (QED) is 0.804. The second kappa shape index (κ2) is 5.59. The Bertz CT molecular complexity index is 466. The van der Waals surface area contributed by atoms with Crippen molar-refractivity contribution in [3.8, 4) is 5.69 Å². The van der Waals surface area contributed by atoms with Crippen molar-refractivity contribution in [1.29, 1.82) is 0 Å². The van der Waals surface area contributed by atoms with Crippen molar-refractivity contribution in [3.63, 3.8) is 0 Å². The van der Waals surface area contributed by atoms with E-state index in [0.29, 0.717) is 12.1 Å². The molecule has 0 spiro atoms. The molecule has 1 heterocycles. The number of benzene rings is 1. The van der Waals surface area contributed by atoms with Crippen molar-refractivity contribution in [2.45, 2.75) is 19.9 Å². The molecular formula is C13H16FN3. The van der Waals surface area contributed by atoms with Gasteiger partial charge in [-0.3, -0.25) is 0 Å². The Labute approximate surface area is 100 Å². The average Bonchev–Trinajstić information content (AvgIpc) is 2.85. The van der Waals surface area contributed by atoms with E-state index in [4.69, 9.17) is 0 Å². The molecule has 2 aromatic rings. The van der Waals surface area contributed by atoms with Crippen LogP contribution < -0.4 is 5.32 Å². The highest BCUT2D eigenvalue weighted by atomic mass is 19.1. The van der Waals surface area contributed by atoms with E-state index in [9.17, 15) is 4.39 Å². The van der Waals surface area contributed by atoms with E-state index < -0.39 is 0 Å². The van der Waals surface area contributed by atoms with Crippen molar-refractivity contribution < 1.29 is 4.39 Å². The zero-order valence-electron chi connectivity index (χ0n) is 9.86. The summed E-state index contributed by atoms with van der Waals surface area (Å²) in [5.41, 5.74) is 1.52. The lowest BCUT2D eigenvalue weighted by Crippen LogP contribution is -2.16. The van der Waals surface area contributed by atoms with E-state index in [-0.39, 0.29) is 5.82 Å². The Kier molecular flexibility index (Phi) is 3.88. The summed E-state index contributed by atoms with van der Waals surface area (Å²) >= 11 is 0. The Morgan fingerprint density at radius 3 is 3.00 bits per heavy atom. The maximum Gasteiger partial charge on any atom is 0.129 e. The van der Waals surface area contributed by atoms with E-state index in [1.807, 2.05) is 16.8 Å². The minimum Gasteiger partial charge on any atom is -0.312 e. The van der Waals surface area contributed by atoms with Crippen LogP contribution in [0.15, 0.2) is 36.9 Å². The van der Waals surface area contributed by atoms with Gasteiger partial charge in [-0.05, 0) is 25.1 Å². The van der Waals surface area contributed by atoms with Gasteiger partial charge in [-0.15, -0.1) is 0 Å². The average molecular weight is 233 g/mol. The number of rotatable bonds is 5. The van der Waals surface area contributed by atoms with Gasteiger partial charge in [0.05, 0.1) is 12.0 Å². The fourth-order valence-electron chi connectivity index (χ4n) is 1.76. The van der Waals surface area contributed by atoms with Gasteiger partial charge < -0.3 is 9.88 Å². The lowest BCUT2D eigenvalue weighted by molar-refractivity contribution is 0.584. The monoisotopic (exact) mass is 233 g/mol. The molecular weight excluding hydrogens is 217 g/mol. The molecule has 1 aromatic heterocycles. The zero-order valence-corrected chi connectivity index (χ0v) is 9.86. The van der Waals surface area contributed by atoms with Crippen molar-refractivity contribution in [1.82, 2.24) is 14.9 Å². The predicted molar refractivity (Wildman–Crippen MR) is 65.5 cm³/mol. The van der Waals surface area contributed by atoms with Gasteiger partial charge in [0.2, 0.25) is 0 Å². The third-order valence-electron chi connectivity index (χ3n) is 2.61. The zero-order chi connectivity index (χ0) is 12.1. The van der Waals surface area contributed by atoms with Crippen LogP contribution in [0.5, 0.6) is 0 Å². The molecule has 1 aromatic carbocycles. The number of imidazole rings is 1. The van der Waals surface area contributed by atoms with Crippen molar-refractivity contribution in [2.75, 3.05) is 6.54 Å². The molecule has 90 valence electrons. The van der Waals surface area contributed by atoms with Crippen LogP contribution in [-0.4, -0.2) is 16.1 Å². The molecule has 0 aliphatic heterocycles. The van der Waals surface area contributed by atoms with Crippen molar-refractivity contribution >= 4 is 0 Å². The van der Waals surface area contributed by atoms with Crippen LogP contribution in [0.3, 0.4) is 0 Å². The molecule has 0 radical (unpaired) electrons. The molecule has 0 aliphatic rings. The van der Waals surface area contributed by atoms with Gasteiger partial charge in [0.15, 0.2) is 0 Å². The second-order valence-corrected chi connectivity index (χ2v) is 3.88. The van der Waals surface area contributed by atoms with Crippen LogP contribution >= 0.6 is 0 Å². The van der Waals surface area contributed by atoms with E-state index in [0.717, 1.165) is 18.7 Å². The van der Waals surface area contributed by atoms with Gasteiger partial charge in [-0.1, -0.05) is 13.0 Å². The molecule has 0 saturated heterocycles. The van der Waals surface area contributed by atoms with Gasteiger partial charge in [0.25, 0.3) is 0 Å². The topological polar surface area (TPSA) is 29.9 Å². The van der Waals surface area contributed by atoms with Gasteiger partial charge in [-0.2, -0.15) is 0 Å². The van der Waals surface area contributed by atoms with Gasteiger partial charge in [0, 0.05) is 24.5 Å². The molecule has 0 aliphatic carbocycles. The minimum atomic E-state index is -0.181. The van der Waals surface area contributed by atoms with Gasteiger partial charge in [0.1, 0.15) is 5.82 Å². The van der Waals surface area contributed by atoms with Crippen LogP contribution in [0, 0.1) is 5.82 Å². The van der Waals surface area contributed by atoms with E-state index in [1.54, 1.807) is 18.6 Å². The normalized spacial score (nSPS) is 10.7. The molecule has 0 saturated carbocycles. The van der Waals surface area contributed by atoms with E-state index >= 15 is 0 Å². The Balaban J connectivity index is 2.28. The van der Waals surface area contributed by atoms with E-state index in [1.165, 1.54) is 6.07 Å². The minimum absolute atomic E-state index is 0.181. The van der Waals surface area contributed by atoms with Crippen molar-refractivity contribution in [2.24, 2.45) is 0 Å². The second-order valence-electron chi connectivity index (χ2n) is 3.88. The summed E-state index contributed by atoms with van der Waals surface area (Å²) in [6.45, 7) is 3.51. The smallest absolute Gasteiger partial charge is 0.129 e. The lowest BCUT2D eigenvalue weighted by atomic mass is 10.1. The fourth-order valence-corrected chi connectivity index (χ4v) is 1.76. The first-order valence-electron chi connectivity index (χ1n) is 5.79. The lowest BCUT2D eigenvalue weighted by Gasteiger charge is -2.11. The molecule has 0 amide bonds. The summed E-state index contributed by atoms with van der Waals surface area (Å²) in [4.78, 5) is 3.99. The summed E-state index contributed by atoms with van der Waals surface area (Å²) in [7, 11) is 0. The molecule has 0 bridgehead atoms. The van der Waals surface area contributed by atoms with Gasteiger partial charge in [-0.25, -0.2) is 9.37 Å². The fraction of sp³-hybridized carbons (Fsp3) is 0.308. The summed E-state index contributed by atoms with van der Waals surface area (Å²) < 4.78 is 15.6. The van der Waals surface area contributed by atoms with Crippen LogP contribution in [-0.2, 0) is 6.54 Å². The molecule has 17 heavy (non-hydrogen) atoms. The molecule has 2 rings (SSSR count). The maximum absolute atomic E-state index is 13.8. The largest absolute Gasteiger partial charge is 0.312 e. The van der Waals surface area contributed by atoms with Crippen LogP contribution in [0.2, 0.25) is 0 Å². The number of nitrogens with zero attached hydrogens (tertiary/aromatic N) is 2. The first-order chi connectivity index (χ1) is 8.33. The molecule has 0 atom stereocenters. The molecule has 3 nitrogen and oxygen atoms in total. The molecule has 0 unspecified atom stereocenters. The first-order valence-corrected chi connectivity index (χ1v) is 5.79. The third kappa shape index (κ3) is 2.71. The number of halogens is 1. The number of hydrogen-bond donors (Lipinski definition) is 1. The van der Waals surface area contributed by atoms with Crippen LogP contribution in [0.4, 0.5) is 4.39 Å². The summed E-state index contributed by atoms with van der Waals surface area (Å²) in [5.74, 6) is -0.181. The summed E-state index contributed by atoms with van der Waals surface area (Å²) in [6, 6.07) is 5.10. The Hall–Kier alpha value is -1.68. The Morgan fingerprint density at radius 1 is 1.41 bits per heavy atom. The van der Waals surface area contributed by atoms with Gasteiger partial charge >= 0.3 is 0 Å². The molecule has 1 N–H and O–H groups in total. The highest BCUT2D eigenvalue weighted by Crippen LogP contribution is 2.17. The summed E-state index contributed by atoms with van der Waals surface area (Å²) in [5, 5.41) is 3.22. The SMILES string of the molecule is CCCNCc1c(F)cccc1-n1ccnc1. The maximum atomic E-state index is 13.8. The van der Waals surface area contributed by atoms with Crippen LogP contribution in [0.25, 0.3) is 5.69 Å². The van der Waals surface area contributed by atoms with E-state index in [2.05, 4.69) is 17.2 Å². The molecule has 4 heteroatoms. The number of hydrogen-bond acceptors (Lipinski definition) is 2.